The van der Waals surface area contributed by atoms with Gasteiger partial charge in [-0.2, -0.15) is 0 Å². The zero-order valence-electron chi connectivity index (χ0n) is 13.4. The van der Waals surface area contributed by atoms with Crippen molar-refractivity contribution in [1.82, 2.24) is 9.71 Å². The molecule has 4 heteroatoms. The summed E-state index contributed by atoms with van der Waals surface area (Å²) in [6, 6.07) is 9.88. The Balaban J connectivity index is 1.87. The lowest BCUT2D eigenvalue weighted by Gasteiger charge is -2.37. The fraction of sp³-hybridized carbons (Fsp3) is 0.333. The van der Waals surface area contributed by atoms with E-state index >= 15 is 0 Å². The first-order valence-corrected chi connectivity index (χ1v) is 7.88. The highest BCUT2D eigenvalue weighted by molar-refractivity contribution is 6.43. The summed E-state index contributed by atoms with van der Waals surface area (Å²) in [7, 11) is 0.936. The number of aliphatic hydroxyl groups is 1. The SMILES string of the molecule is C=C/C=C(BN1CCN(C(O)c2ccccc2)CC1)\C=C/C. The highest BCUT2D eigenvalue weighted by atomic mass is 16.3. The van der Waals surface area contributed by atoms with Gasteiger partial charge >= 0.3 is 0 Å². The molecule has 1 N–H and O–H groups in total. The maximum absolute atomic E-state index is 10.5. The molecule has 0 bridgehead atoms. The molecule has 1 heterocycles. The van der Waals surface area contributed by atoms with Crippen molar-refractivity contribution in [2.75, 3.05) is 26.2 Å². The second-order valence-corrected chi connectivity index (χ2v) is 5.57. The average molecular weight is 296 g/mol. The first kappa shape index (κ1) is 16.8. The Kier molecular flexibility index (Phi) is 6.65. The second-order valence-electron chi connectivity index (χ2n) is 5.57. The van der Waals surface area contributed by atoms with Crippen LogP contribution in [-0.4, -0.2) is 48.4 Å². The molecule has 1 aromatic rings. The molecule has 0 aromatic heterocycles. The minimum absolute atomic E-state index is 0.498. The summed E-state index contributed by atoms with van der Waals surface area (Å²) in [5.74, 6) is 0. The van der Waals surface area contributed by atoms with Crippen molar-refractivity contribution >= 4 is 7.41 Å². The minimum Gasteiger partial charge on any atom is -0.374 e. The molecule has 1 atom stereocenters. The van der Waals surface area contributed by atoms with Crippen molar-refractivity contribution in [1.29, 1.82) is 0 Å². The van der Waals surface area contributed by atoms with Gasteiger partial charge in [0.2, 0.25) is 7.41 Å². The monoisotopic (exact) mass is 296 g/mol. The largest absolute Gasteiger partial charge is 0.374 e. The Bertz CT molecular complexity index is 519. The smallest absolute Gasteiger partial charge is 0.238 e. The summed E-state index contributed by atoms with van der Waals surface area (Å²) >= 11 is 0. The van der Waals surface area contributed by atoms with Gasteiger partial charge in [0.1, 0.15) is 6.23 Å². The highest BCUT2D eigenvalue weighted by Gasteiger charge is 2.23. The van der Waals surface area contributed by atoms with Gasteiger partial charge < -0.3 is 9.92 Å². The van der Waals surface area contributed by atoms with E-state index in [9.17, 15) is 5.11 Å². The van der Waals surface area contributed by atoms with E-state index < -0.39 is 6.23 Å². The van der Waals surface area contributed by atoms with Crippen LogP contribution in [0, 0.1) is 0 Å². The quantitative estimate of drug-likeness (QED) is 0.644. The molecular formula is C18H25BN2O. The van der Waals surface area contributed by atoms with E-state index in [0.29, 0.717) is 0 Å². The fourth-order valence-corrected chi connectivity index (χ4v) is 2.79. The Morgan fingerprint density at radius 3 is 2.50 bits per heavy atom. The van der Waals surface area contributed by atoms with Gasteiger partial charge in [0, 0.05) is 26.2 Å². The van der Waals surface area contributed by atoms with Gasteiger partial charge in [0.25, 0.3) is 0 Å². The van der Waals surface area contributed by atoms with Gasteiger partial charge in [0.05, 0.1) is 0 Å². The van der Waals surface area contributed by atoms with Crippen LogP contribution >= 0.6 is 0 Å². The van der Waals surface area contributed by atoms with E-state index in [1.54, 1.807) is 0 Å². The molecule has 3 nitrogen and oxygen atoms in total. The molecule has 0 aliphatic carbocycles. The van der Waals surface area contributed by atoms with E-state index in [4.69, 9.17) is 0 Å². The maximum Gasteiger partial charge on any atom is 0.238 e. The molecule has 1 fully saturated rings. The molecule has 0 radical (unpaired) electrons. The number of aliphatic hydroxyl groups excluding tert-OH is 1. The number of hydrogen-bond donors (Lipinski definition) is 1. The van der Waals surface area contributed by atoms with E-state index in [-0.39, 0.29) is 0 Å². The minimum atomic E-state index is -0.498. The van der Waals surface area contributed by atoms with Gasteiger partial charge in [-0.25, -0.2) is 0 Å². The first-order chi connectivity index (χ1) is 10.7. The number of allylic oxidation sites excluding steroid dienone is 5. The zero-order valence-corrected chi connectivity index (χ0v) is 13.4. The molecule has 1 saturated heterocycles. The number of nitrogens with zero attached hydrogens (tertiary/aromatic N) is 2. The summed E-state index contributed by atoms with van der Waals surface area (Å²) in [4.78, 5) is 4.56. The molecule has 1 aromatic carbocycles. The molecule has 0 amide bonds. The molecule has 2 rings (SSSR count). The van der Waals surface area contributed by atoms with Gasteiger partial charge in [-0.3, -0.25) is 4.90 Å². The van der Waals surface area contributed by atoms with Crippen LogP contribution in [0.25, 0.3) is 0 Å². The maximum atomic E-state index is 10.5. The van der Waals surface area contributed by atoms with E-state index in [0.717, 1.165) is 39.2 Å². The second kappa shape index (κ2) is 8.74. The van der Waals surface area contributed by atoms with Crippen LogP contribution in [0.3, 0.4) is 0 Å². The Hall–Kier alpha value is -1.62. The lowest BCUT2D eigenvalue weighted by molar-refractivity contribution is -0.0161. The summed E-state index contributed by atoms with van der Waals surface area (Å²) in [5, 5.41) is 10.5. The predicted molar refractivity (Wildman–Crippen MR) is 94.8 cm³/mol. The van der Waals surface area contributed by atoms with Crippen LogP contribution in [0.5, 0.6) is 0 Å². The summed E-state index contributed by atoms with van der Waals surface area (Å²) < 4.78 is 0. The number of piperazine rings is 1. The fourth-order valence-electron chi connectivity index (χ4n) is 2.79. The standard InChI is InChI=1S/C18H25BN2O/c1-3-8-17(9-4-2)19-21-14-12-20(13-15-21)18(22)16-10-6-5-7-11-16/h3-11,18-19,22H,1,12-15H2,2H3/b9-4-,17-8+. The summed E-state index contributed by atoms with van der Waals surface area (Å²) in [6.45, 7) is 9.51. The van der Waals surface area contributed by atoms with Crippen LogP contribution in [0.15, 0.2) is 66.7 Å². The topological polar surface area (TPSA) is 26.7 Å². The van der Waals surface area contributed by atoms with Crippen LogP contribution in [-0.2, 0) is 0 Å². The Morgan fingerprint density at radius 2 is 1.91 bits per heavy atom. The van der Waals surface area contributed by atoms with Gasteiger partial charge in [-0.1, -0.05) is 66.7 Å². The molecule has 1 aliphatic heterocycles. The number of rotatable bonds is 6. The average Bonchev–Trinajstić information content (AvgIpc) is 2.56. The first-order valence-electron chi connectivity index (χ1n) is 7.88. The van der Waals surface area contributed by atoms with Crippen molar-refractivity contribution in [3.8, 4) is 0 Å². The summed E-state index contributed by atoms with van der Waals surface area (Å²) in [5.41, 5.74) is 2.24. The van der Waals surface area contributed by atoms with Crippen LogP contribution < -0.4 is 0 Å². The third kappa shape index (κ3) is 4.70. The van der Waals surface area contributed by atoms with Gasteiger partial charge in [-0.05, 0) is 12.5 Å². The Morgan fingerprint density at radius 1 is 1.23 bits per heavy atom. The third-order valence-corrected chi connectivity index (χ3v) is 3.97. The molecule has 0 spiro atoms. The van der Waals surface area contributed by atoms with Crippen LogP contribution in [0.1, 0.15) is 18.7 Å². The third-order valence-electron chi connectivity index (χ3n) is 3.97. The molecule has 1 unspecified atom stereocenters. The summed E-state index contributed by atoms with van der Waals surface area (Å²) in [6.07, 6.45) is 7.59. The van der Waals surface area contributed by atoms with Crippen molar-refractivity contribution in [3.05, 3.63) is 72.3 Å². The van der Waals surface area contributed by atoms with Crippen molar-refractivity contribution < 1.29 is 5.11 Å². The predicted octanol–water partition coefficient (Wildman–Crippen LogP) is 2.29. The van der Waals surface area contributed by atoms with E-state index in [1.165, 1.54) is 5.47 Å². The van der Waals surface area contributed by atoms with Crippen LogP contribution in [0.2, 0.25) is 0 Å². The molecule has 22 heavy (non-hydrogen) atoms. The Labute approximate surface area is 134 Å². The van der Waals surface area contributed by atoms with Gasteiger partial charge in [0.15, 0.2) is 0 Å². The van der Waals surface area contributed by atoms with Crippen molar-refractivity contribution in [3.63, 3.8) is 0 Å². The van der Waals surface area contributed by atoms with Crippen molar-refractivity contribution in [2.24, 2.45) is 0 Å². The zero-order chi connectivity index (χ0) is 15.8. The number of hydrogen-bond acceptors (Lipinski definition) is 3. The highest BCUT2D eigenvalue weighted by Crippen LogP contribution is 2.19. The lowest BCUT2D eigenvalue weighted by atomic mass is 9.78. The number of benzene rings is 1. The van der Waals surface area contributed by atoms with E-state index in [2.05, 4.69) is 34.5 Å². The van der Waals surface area contributed by atoms with Gasteiger partial charge in [-0.15, -0.1) is 0 Å². The lowest BCUT2D eigenvalue weighted by Crippen LogP contribution is -2.49. The molecule has 0 saturated carbocycles. The normalized spacial score (nSPS) is 19.3. The molecule has 116 valence electrons. The molecular weight excluding hydrogens is 271 g/mol. The van der Waals surface area contributed by atoms with E-state index in [1.807, 2.05) is 43.3 Å². The molecule has 1 aliphatic rings. The van der Waals surface area contributed by atoms with Crippen molar-refractivity contribution in [2.45, 2.75) is 13.2 Å². The van der Waals surface area contributed by atoms with Crippen LogP contribution in [0.4, 0.5) is 0 Å².